The van der Waals surface area contributed by atoms with Gasteiger partial charge in [-0.15, -0.1) is 0 Å². The van der Waals surface area contributed by atoms with Crippen molar-refractivity contribution >= 4 is 17.5 Å². The number of carbonyl (C=O) groups is 2. The van der Waals surface area contributed by atoms with E-state index in [0.29, 0.717) is 39.1 Å². The first kappa shape index (κ1) is 19.6. The maximum atomic E-state index is 12.7. The third kappa shape index (κ3) is 3.91. The summed E-state index contributed by atoms with van der Waals surface area (Å²) in [4.78, 5) is 54.6. The van der Waals surface area contributed by atoms with E-state index in [1.807, 2.05) is 11.8 Å². The number of ketones is 1. The molecule has 3 rings (SSSR count). The monoisotopic (exact) mass is 389 g/mol. The van der Waals surface area contributed by atoms with E-state index in [4.69, 9.17) is 10.2 Å². The highest BCUT2D eigenvalue weighted by molar-refractivity contribution is 6.01. The summed E-state index contributed by atoms with van der Waals surface area (Å²) >= 11 is 0. The van der Waals surface area contributed by atoms with Gasteiger partial charge in [-0.3, -0.25) is 28.8 Å². The minimum atomic E-state index is -0.772. The fourth-order valence-electron chi connectivity index (χ4n) is 3.25. The lowest BCUT2D eigenvalue weighted by Gasteiger charge is -2.33. The molecule has 10 nitrogen and oxygen atoms in total. The Hall–Kier alpha value is -3.14. The van der Waals surface area contributed by atoms with Gasteiger partial charge in [0.1, 0.15) is 11.4 Å². The van der Waals surface area contributed by atoms with Crippen molar-refractivity contribution in [3.63, 3.8) is 0 Å². The van der Waals surface area contributed by atoms with Crippen LogP contribution in [0.25, 0.3) is 0 Å². The van der Waals surface area contributed by atoms with Crippen LogP contribution in [-0.4, -0.2) is 63.8 Å². The number of anilines is 1. The maximum Gasteiger partial charge on any atom is 0.329 e. The molecule has 0 aromatic carbocycles. The second-order valence-corrected chi connectivity index (χ2v) is 6.64. The average molecular weight is 389 g/mol. The normalized spacial score (nSPS) is 15.0. The zero-order chi connectivity index (χ0) is 20.3. The zero-order valence-corrected chi connectivity index (χ0v) is 15.6. The molecule has 0 spiro atoms. The number of nitrogens with two attached hydrogens (primary N) is 1. The van der Waals surface area contributed by atoms with Gasteiger partial charge in [0.2, 0.25) is 0 Å². The molecule has 150 valence electrons. The average Bonchev–Trinajstić information content (AvgIpc) is 3.19. The molecule has 1 aliphatic rings. The molecule has 3 N–H and O–H groups in total. The van der Waals surface area contributed by atoms with E-state index in [2.05, 4.69) is 4.98 Å². The Bertz CT molecular complexity index is 967. The molecule has 1 amide bonds. The van der Waals surface area contributed by atoms with Gasteiger partial charge >= 0.3 is 5.69 Å². The highest BCUT2D eigenvalue weighted by Gasteiger charge is 2.26. The van der Waals surface area contributed by atoms with Crippen LogP contribution in [0, 0.1) is 0 Å². The quantitative estimate of drug-likeness (QED) is 0.651. The van der Waals surface area contributed by atoms with E-state index in [1.165, 1.54) is 10.8 Å². The number of nitrogens with one attached hydrogen (secondary N) is 1. The Morgan fingerprint density at radius 1 is 1.21 bits per heavy atom. The molecule has 0 atom stereocenters. The molecule has 10 heteroatoms. The lowest BCUT2D eigenvalue weighted by atomic mass is 10.1. The van der Waals surface area contributed by atoms with Crippen molar-refractivity contribution < 1.29 is 14.0 Å². The molecule has 2 aromatic heterocycles. The zero-order valence-electron chi connectivity index (χ0n) is 15.6. The minimum absolute atomic E-state index is 0.0135. The summed E-state index contributed by atoms with van der Waals surface area (Å²) in [5, 5.41) is 0. The molecule has 3 heterocycles. The predicted octanol–water partition coefficient (Wildman–Crippen LogP) is -0.237. The van der Waals surface area contributed by atoms with Crippen LogP contribution in [0.15, 0.2) is 32.4 Å². The van der Waals surface area contributed by atoms with Crippen LogP contribution in [0.3, 0.4) is 0 Å². The van der Waals surface area contributed by atoms with E-state index >= 15 is 0 Å². The number of hydrogen-bond acceptors (Lipinski definition) is 7. The van der Waals surface area contributed by atoms with Gasteiger partial charge < -0.3 is 15.1 Å². The van der Waals surface area contributed by atoms with Gasteiger partial charge in [-0.2, -0.15) is 0 Å². The van der Waals surface area contributed by atoms with Crippen LogP contribution in [-0.2, 0) is 6.54 Å². The third-order valence-corrected chi connectivity index (χ3v) is 4.72. The van der Waals surface area contributed by atoms with Crippen molar-refractivity contribution in [2.45, 2.75) is 19.9 Å². The summed E-state index contributed by atoms with van der Waals surface area (Å²) in [5.74, 6) is -0.466. The van der Waals surface area contributed by atoms with E-state index in [1.54, 1.807) is 17.0 Å². The van der Waals surface area contributed by atoms with Crippen LogP contribution in [0.2, 0.25) is 0 Å². The minimum Gasteiger partial charge on any atom is -0.459 e. The SMILES string of the molecule is CCCn1c(N)c(C(=O)CN2CCN(C(=O)c3ccco3)CC2)c(=O)[nH]c1=O. The fraction of sp³-hybridized carbons (Fsp3) is 0.444. The number of nitrogen functional groups attached to an aromatic ring is 1. The second-order valence-electron chi connectivity index (χ2n) is 6.64. The largest absolute Gasteiger partial charge is 0.459 e. The van der Waals surface area contributed by atoms with Crippen molar-refractivity contribution in [3.05, 3.63) is 50.6 Å². The number of hydrogen-bond donors (Lipinski definition) is 2. The number of furan rings is 1. The van der Waals surface area contributed by atoms with Gasteiger partial charge in [-0.05, 0) is 18.6 Å². The standard InChI is InChI=1S/C18H23N5O5/c1-2-5-23-15(19)14(16(25)20-18(23)27)12(24)11-21-6-8-22(9-7-21)17(26)13-4-3-10-28-13/h3-4,10H,2,5-9,11,19H2,1H3,(H,20,25,27). The van der Waals surface area contributed by atoms with Gasteiger partial charge in [0.05, 0.1) is 12.8 Å². The van der Waals surface area contributed by atoms with Crippen molar-refractivity contribution in [3.8, 4) is 0 Å². The lowest BCUT2D eigenvalue weighted by Crippen LogP contribution is -2.50. The highest BCUT2D eigenvalue weighted by Crippen LogP contribution is 2.11. The van der Waals surface area contributed by atoms with Crippen molar-refractivity contribution in [2.24, 2.45) is 0 Å². The number of H-pyrrole nitrogens is 1. The molecule has 0 unspecified atom stereocenters. The number of nitrogens with zero attached hydrogens (tertiary/aromatic N) is 3. The van der Waals surface area contributed by atoms with Crippen molar-refractivity contribution in [1.82, 2.24) is 19.4 Å². The smallest absolute Gasteiger partial charge is 0.329 e. The maximum absolute atomic E-state index is 12.7. The van der Waals surface area contributed by atoms with Crippen LogP contribution in [0.1, 0.15) is 34.3 Å². The number of carbonyl (C=O) groups excluding carboxylic acids is 2. The second kappa shape index (κ2) is 8.26. The number of Topliss-reactive ketones (excluding diaryl/α,β-unsaturated/α-hetero) is 1. The molecule has 0 aliphatic carbocycles. The molecular weight excluding hydrogens is 366 g/mol. The Labute approximate surface area is 160 Å². The Balaban J connectivity index is 1.67. The highest BCUT2D eigenvalue weighted by atomic mass is 16.3. The molecule has 1 aliphatic heterocycles. The van der Waals surface area contributed by atoms with Crippen LogP contribution >= 0.6 is 0 Å². The third-order valence-electron chi connectivity index (χ3n) is 4.72. The molecular formula is C18H23N5O5. The van der Waals surface area contributed by atoms with Gasteiger partial charge in [0.25, 0.3) is 11.5 Å². The van der Waals surface area contributed by atoms with Crippen LogP contribution in [0.5, 0.6) is 0 Å². The first-order chi connectivity index (χ1) is 13.4. The van der Waals surface area contributed by atoms with Gasteiger partial charge in [0.15, 0.2) is 11.5 Å². The van der Waals surface area contributed by atoms with E-state index < -0.39 is 17.0 Å². The van der Waals surface area contributed by atoms with Gasteiger partial charge in [-0.25, -0.2) is 4.79 Å². The first-order valence-electron chi connectivity index (χ1n) is 9.13. The molecule has 28 heavy (non-hydrogen) atoms. The van der Waals surface area contributed by atoms with Gasteiger partial charge in [0, 0.05) is 32.7 Å². The topological polar surface area (TPSA) is 135 Å². The predicted molar refractivity (Wildman–Crippen MR) is 101 cm³/mol. The van der Waals surface area contributed by atoms with Crippen LogP contribution < -0.4 is 17.0 Å². The Morgan fingerprint density at radius 2 is 1.93 bits per heavy atom. The summed E-state index contributed by atoms with van der Waals surface area (Å²) in [6.45, 7) is 3.99. The molecule has 0 bridgehead atoms. The number of piperazine rings is 1. The summed E-state index contributed by atoms with van der Waals surface area (Å²) in [7, 11) is 0. The van der Waals surface area contributed by atoms with E-state index in [0.717, 1.165) is 0 Å². The molecule has 2 aromatic rings. The summed E-state index contributed by atoms with van der Waals surface area (Å²) < 4.78 is 6.33. The fourth-order valence-corrected chi connectivity index (χ4v) is 3.25. The van der Waals surface area contributed by atoms with E-state index in [9.17, 15) is 19.2 Å². The van der Waals surface area contributed by atoms with Gasteiger partial charge in [-0.1, -0.05) is 6.92 Å². The number of amides is 1. The molecule has 1 fully saturated rings. The Morgan fingerprint density at radius 3 is 2.54 bits per heavy atom. The Kier molecular flexibility index (Phi) is 5.78. The number of aromatic amines is 1. The van der Waals surface area contributed by atoms with E-state index in [-0.39, 0.29) is 29.6 Å². The summed E-state index contributed by atoms with van der Waals surface area (Å²) in [5.41, 5.74) is 4.35. The van der Waals surface area contributed by atoms with Crippen LogP contribution in [0.4, 0.5) is 5.82 Å². The summed E-state index contributed by atoms with van der Waals surface area (Å²) in [6, 6.07) is 3.26. The van der Waals surface area contributed by atoms with Crippen molar-refractivity contribution in [2.75, 3.05) is 38.5 Å². The number of aromatic nitrogens is 2. The summed E-state index contributed by atoms with van der Waals surface area (Å²) in [6.07, 6.45) is 2.08. The molecule has 0 radical (unpaired) electrons. The molecule has 1 saturated heterocycles. The lowest BCUT2D eigenvalue weighted by molar-refractivity contribution is 0.0596. The molecule has 0 saturated carbocycles. The van der Waals surface area contributed by atoms with Crippen molar-refractivity contribution in [1.29, 1.82) is 0 Å². The first-order valence-corrected chi connectivity index (χ1v) is 9.13. The number of rotatable bonds is 6.